The molecule has 1 unspecified atom stereocenters. The van der Waals surface area contributed by atoms with Gasteiger partial charge in [-0.25, -0.2) is 0 Å². The van der Waals surface area contributed by atoms with E-state index in [0.717, 1.165) is 19.4 Å². The number of hydrogen-bond acceptors (Lipinski definition) is 2. The molecule has 1 aliphatic heterocycles. The van der Waals surface area contributed by atoms with Crippen LogP contribution in [0, 0.1) is 0 Å². The van der Waals surface area contributed by atoms with Gasteiger partial charge in [0.15, 0.2) is 0 Å². The smallest absolute Gasteiger partial charge is 0.251 e. The first kappa shape index (κ1) is 6.83. The highest BCUT2D eigenvalue weighted by atomic mass is 35.5. The van der Waals surface area contributed by atoms with Crippen LogP contribution >= 0.6 is 11.8 Å². The summed E-state index contributed by atoms with van der Waals surface area (Å²) in [5.74, 6) is -0.117. The maximum absolute atomic E-state index is 10.7. The Labute approximate surface area is 58.9 Å². The molecule has 1 aliphatic rings. The van der Waals surface area contributed by atoms with Crippen LogP contribution in [0.15, 0.2) is 0 Å². The lowest BCUT2D eigenvalue weighted by Crippen LogP contribution is -2.36. The summed E-state index contributed by atoms with van der Waals surface area (Å²) in [5, 5.41) is 3.01. The van der Waals surface area contributed by atoms with Gasteiger partial charge in [-0.3, -0.25) is 9.63 Å². The number of rotatable bonds is 1. The minimum absolute atomic E-state index is 0.0532. The minimum atomic E-state index is -0.117. The zero-order valence-corrected chi connectivity index (χ0v) is 5.74. The van der Waals surface area contributed by atoms with Gasteiger partial charge >= 0.3 is 0 Å². The Balaban J connectivity index is 2.32. The molecule has 4 heteroatoms. The molecule has 1 fully saturated rings. The molecular weight excluding hydrogens is 140 g/mol. The van der Waals surface area contributed by atoms with Crippen LogP contribution in [0.3, 0.4) is 0 Å². The van der Waals surface area contributed by atoms with Gasteiger partial charge in [0.05, 0.1) is 6.04 Å². The second-order valence-corrected chi connectivity index (χ2v) is 2.30. The predicted octanol–water partition coefficient (Wildman–Crippen LogP) is 0.00840. The molecule has 0 aliphatic carbocycles. The first-order chi connectivity index (χ1) is 4.34. The van der Waals surface area contributed by atoms with Gasteiger partial charge in [0, 0.05) is 11.8 Å². The maximum atomic E-state index is 10.7. The number of halogens is 1. The van der Waals surface area contributed by atoms with Crippen molar-refractivity contribution in [2.75, 3.05) is 6.54 Å². The van der Waals surface area contributed by atoms with E-state index in [-0.39, 0.29) is 11.9 Å². The van der Waals surface area contributed by atoms with Crippen LogP contribution < -0.4 is 10.2 Å². The first-order valence-electron chi connectivity index (χ1n) is 2.98. The molecule has 52 valence electrons. The number of carbonyl (C=O) groups excluding carboxylic acids is 1. The lowest BCUT2D eigenvalue weighted by atomic mass is 10.2. The van der Waals surface area contributed by atoms with Gasteiger partial charge in [-0.2, -0.15) is 0 Å². The average Bonchev–Trinajstić information content (AvgIpc) is 2.37. The second-order valence-electron chi connectivity index (χ2n) is 2.11. The van der Waals surface area contributed by atoms with Crippen LogP contribution in [-0.2, 0) is 4.79 Å². The van der Waals surface area contributed by atoms with E-state index in [4.69, 9.17) is 11.8 Å². The van der Waals surface area contributed by atoms with E-state index in [1.165, 1.54) is 0 Å². The van der Waals surface area contributed by atoms with Gasteiger partial charge in [0.2, 0.25) is 0 Å². The van der Waals surface area contributed by atoms with Crippen LogP contribution in [0.5, 0.6) is 0 Å². The van der Waals surface area contributed by atoms with E-state index in [1.807, 2.05) is 0 Å². The van der Waals surface area contributed by atoms with Crippen molar-refractivity contribution in [2.45, 2.75) is 18.9 Å². The topological polar surface area (TPSA) is 41.1 Å². The summed E-state index contributed by atoms with van der Waals surface area (Å²) in [5.41, 5.74) is 0. The SMILES string of the molecule is O=C(NCl)C1CCCN1. The molecule has 0 aromatic carbocycles. The quantitative estimate of drug-likeness (QED) is 0.515. The highest BCUT2D eigenvalue weighted by Gasteiger charge is 2.20. The van der Waals surface area contributed by atoms with Crippen LogP contribution in [-0.4, -0.2) is 18.5 Å². The maximum Gasteiger partial charge on any atom is 0.251 e. The molecule has 1 atom stereocenters. The third-order valence-corrected chi connectivity index (χ3v) is 1.66. The summed E-state index contributed by atoms with van der Waals surface area (Å²) in [4.78, 5) is 12.8. The predicted molar refractivity (Wildman–Crippen MR) is 35.0 cm³/mol. The van der Waals surface area contributed by atoms with Gasteiger partial charge in [0.25, 0.3) is 5.91 Å². The van der Waals surface area contributed by atoms with E-state index < -0.39 is 0 Å². The third kappa shape index (κ3) is 1.56. The van der Waals surface area contributed by atoms with Crippen LogP contribution in [0.25, 0.3) is 0 Å². The molecule has 0 bridgehead atoms. The monoisotopic (exact) mass is 148 g/mol. The number of amides is 1. The van der Waals surface area contributed by atoms with Crippen LogP contribution in [0.1, 0.15) is 12.8 Å². The minimum Gasteiger partial charge on any atom is -0.306 e. The molecule has 0 aromatic rings. The highest BCUT2D eigenvalue weighted by molar-refractivity contribution is 6.22. The average molecular weight is 149 g/mol. The summed E-state index contributed by atoms with van der Waals surface area (Å²) in [7, 11) is 0. The van der Waals surface area contributed by atoms with Crippen molar-refractivity contribution in [3.63, 3.8) is 0 Å². The van der Waals surface area contributed by atoms with Crippen molar-refractivity contribution in [3.05, 3.63) is 0 Å². The van der Waals surface area contributed by atoms with Crippen molar-refractivity contribution < 1.29 is 4.79 Å². The van der Waals surface area contributed by atoms with Crippen LogP contribution in [0.2, 0.25) is 0 Å². The molecule has 2 N–H and O–H groups in total. The van der Waals surface area contributed by atoms with Gasteiger partial charge < -0.3 is 5.32 Å². The van der Waals surface area contributed by atoms with E-state index in [0.29, 0.717) is 0 Å². The molecule has 1 rings (SSSR count). The molecule has 0 aromatic heterocycles. The Morgan fingerprint density at radius 3 is 3.00 bits per heavy atom. The van der Waals surface area contributed by atoms with E-state index in [2.05, 4.69) is 10.2 Å². The summed E-state index contributed by atoms with van der Waals surface area (Å²) in [6, 6.07) is -0.0532. The zero-order valence-electron chi connectivity index (χ0n) is 4.98. The third-order valence-electron chi connectivity index (χ3n) is 1.47. The van der Waals surface area contributed by atoms with Gasteiger partial charge in [0.1, 0.15) is 0 Å². The van der Waals surface area contributed by atoms with Crippen molar-refractivity contribution in [3.8, 4) is 0 Å². The normalized spacial score (nSPS) is 26.1. The summed E-state index contributed by atoms with van der Waals surface area (Å²) < 4.78 is 0. The summed E-state index contributed by atoms with van der Waals surface area (Å²) in [6.07, 6.45) is 1.97. The van der Waals surface area contributed by atoms with E-state index in [1.54, 1.807) is 0 Å². The Kier molecular flexibility index (Phi) is 2.30. The Morgan fingerprint density at radius 1 is 1.78 bits per heavy atom. The molecule has 3 nitrogen and oxygen atoms in total. The lowest BCUT2D eigenvalue weighted by molar-refractivity contribution is -0.121. The largest absolute Gasteiger partial charge is 0.306 e. The Bertz CT molecular complexity index is 112. The molecule has 1 heterocycles. The Morgan fingerprint density at radius 2 is 2.56 bits per heavy atom. The molecular formula is C5H9ClN2O. The highest BCUT2D eigenvalue weighted by Crippen LogP contribution is 2.04. The Hall–Kier alpha value is -0.280. The fourth-order valence-electron chi connectivity index (χ4n) is 0.974. The van der Waals surface area contributed by atoms with Crippen LogP contribution in [0.4, 0.5) is 0 Å². The number of nitrogens with one attached hydrogen (secondary N) is 2. The molecule has 1 saturated heterocycles. The van der Waals surface area contributed by atoms with Gasteiger partial charge in [-0.15, -0.1) is 0 Å². The molecule has 0 spiro atoms. The lowest BCUT2D eigenvalue weighted by Gasteiger charge is -2.04. The summed E-state index contributed by atoms with van der Waals surface area (Å²) >= 11 is 5.09. The van der Waals surface area contributed by atoms with Gasteiger partial charge in [-0.05, 0) is 19.4 Å². The second kappa shape index (κ2) is 3.03. The number of carbonyl (C=O) groups is 1. The molecule has 0 saturated carbocycles. The van der Waals surface area contributed by atoms with Crippen molar-refractivity contribution in [1.29, 1.82) is 0 Å². The summed E-state index contributed by atoms with van der Waals surface area (Å²) in [6.45, 7) is 0.926. The zero-order chi connectivity index (χ0) is 6.69. The van der Waals surface area contributed by atoms with Crippen molar-refractivity contribution in [2.24, 2.45) is 0 Å². The molecule has 0 radical (unpaired) electrons. The molecule has 9 heavy (non-hydrogen) atoms. The fourth-order valence-corrected chi connectivity index (χ4v) is 1.11. The molecule has 1 amide bonds. The van der Waals surface area contributed by atoms with E-state index >= 15 is 0 Å². The number of hydrogen-bond donors (Lipinski definition) is 2. The van der Waals surface area contributed by atoms with Crippen molar-refractivity contribution >= 4 is 17.7 Å². The fraction of sp³-hybridized carbons (Fsp3) is 0.800. The standard InChI is InChI=1S/C5H9ClN2O/c6-8-5(9)4-2-1-3-7-4/h4,7H,1-3H2,(H,8,9). The van der Waals surface area contributed by atoms with Gasteiger partial charge in [-0.1, -0.05) is 0 Å². The first-order valence-corrected chi connectivity index (χ1v) is 3.36. The van der Waals surface area contributed by atoms with E-state index in [9.17, 15) is 4.79 Å². The van der Waals surface area contributed by atoms with Crippen molar-refractivity contribution in [1.82, 2.24) is 10.2 Å².